The fraction of sp³-hybridized carbons (Fsp3) is 0.174. The van der Waals surface area contributed by atoms with Crippen LogP contribution in [0, 0.1) is 24.0 Å². The van der Waals surface area contributed by atoms with Crippen LogP contribution in [-0.4, -0.2) is 27.2 Å². The van der Waals surface area contributed by atoms with Gasteiger partial charge in [-0.3, -0.25) is 10.4 Å². The lowest BCUT2D eigenvalue weighted by Gasteiger charge is -2.13. The molecule has 0 amide bonds. The number of nitrogen functional groups attached to an aromatic ring is 1. The summed E-state index contributed by atoms with van der Waals surface area (Å²) in [6.45, 7) is 5.64. The molecule has 0 aliphatic carbocycles. The predicted molar refractivity (Wildman–Crippen MR) is 118 cm³/mol. The summed E-state index contributed by atoms with van der Waals surface area (Å²) in [7, 11) is 0. The van der Waals surface area contributed by atoms with Gasteiger partial charge >= 0.3 is 0 Å². The average Bonchev–Trinajstić information content (AvgIpc) is 3.17. The summed E-state index contributed by atoms with van der Waals surface area (Å²) in [6, 6.07) is 7.30. The third-order valence-corrected chi connectivity index (χ3v) is 5.26. The van der Waals surface area contributed by atoms with Gasteiger partial charge in [0, 0.05) is 41.8 Å². The molecule has 0 radical (unpaired) electrons. The summed E-state index contributed by atoms with van der Waals surface area (Å²) in [6.07, 6.45) is 3.62. The lowest BCUT2D eigenvalue weighted by atomic mass is 9.95. The second kappa shape index (κ2) is 8.23. The van der Waals surface area contributed by atoms with Gasteiger partial charge in [-0.2, -0.15) is 0 Å². The maximum Gasteiger partial charge on any atom is 0.157 e. The minimum atomic E-state index is -0.786. The molecule has 0 atom stereocenters. The monoisotopic (exact) mass is 420 g/mol. The van der Waals surface area contributed by atoms with E-state index < -0.39 is 11.6 Å². The Bertz CT molecular complexity index is 1290. The maximum absolute atomic E-state index is 14.0. The van der Waals surface area contributed by atoms with Crippen LogP contribution in [0.2, 0.25) is 0 Å². The van der Waals surface area contributed by atoms with Gasteiger partial charge in [-0.1, -0.05) is 13.0 Å². The Morgan fingerprint density at radius 2 is 2.00 bits per heavy atom. The number of halogens is 2. The topological polar surface area (TPSA) is 103 Å². The van der Waals surface area contributed by atoms with Crippen LogP contribution in [0.25, 0.3) is 22.2 Å². The Balaban J connectivity index is 1.75. The van der Waals surface area contributed by atoms with E-state index in [4.69, 9.17) is 11.1 Å². The summed E-state index contributed by atoms with van der Waals surface area (Å²) in [5, 5.41) is 11.9. The van der Waals surface area contributed by atoms with E-state index in [0.717, 1.165) is 40.9 Å². The van der Waals surface area contributed by atoms with E-state index >= 15 is 0 Å². The molecule has 5 N–H and O–H groups in total. The molecule has 0 aliphatic rings. The van der Waals surface area contributed by atoms with E-state index in [1.165, 1.54) is 0 Å². The number of rotatable bonds is 6. The number of aromatic nitrogens is 3. The number of benzene rings is 2. The van der Waals surface area contributed by atoms with Crippen LogP contribution in [0.3, 0.4) is 0 Å². The molecule has 0 aliphatic heterocycles. The first-order valence-electron chi connectivity index (χ1n) is 9.87. The number of hydrogen-bond acceptors (Lipinski definition) is 5. The van der Waals surface area contributed by atoms with Crippen LogP contribution in [0.5, 0.6) is 0 Å². The van der Waals surface area contributed by atoms with Crippen molar-refractivity contribution in [2.24, 2.45) is 0 Å². The van der Waals surface area contributed by atoms with E-state index in [-0.39, 0.29) is 22.6 Å². The second-order valence-corrected chi connectivity index (χ2v) is 7.30. The van der Waals surface area contributed by atoms with Crippen molar-refractivity contribution in [1.29, 1.82) is 5.41 Å². The molecule has 4 aromatic rings. The Morgan fingerprint density at radius 1 is 1.19 bits per heavy atom. The molecule has 31 heavy (non-hydrogen) atoms. The summed E-state index contributed by atoms with van der Waals surface area (Å²) < 4.78 is 27.5. The Hall–Kier alpha value is -3.65. The largest absolute Gasteiger partial charge is 0.398 e. The van der Waals surface area contributed by atoms with E-state index in [9.17, 15) is 8.78 Å². The van der Waals surface area contributed by atoms with Gasteiger partial charge in [-0.05, 0) is 48.4 Å². The van der Waals surface area contributed by atoms with Crippen molar-refractivity contribution in [2.75, 3.05) is 12.3 Å². The highest BCUT2D eigenvalue weighted by atomic mass is 19.1. The van der Waals surface area contributed by atoms with E-state index in [1.54, 1.807) is 18.3 Å². The zero-order valence-electron chi connectivity index (χ0n) is 17.2. The normalized spacial score (nSPS) is 11.2. The lowest BCUT2D eigenvalue weighted by molar-refractivity contribution is 0.590. The Morgan fingerprint density at radius 3 is 2.77 bits per heavy atom. The number of hydrogen-bond donors (Lipinski definition) is 4. The first-order chi connectivity index (χ1) is 14.9. The quantitative estimate of drug-likeness (QED) is 0.275. The molecule has 0 bridgehead atoms. The van der Waals surface area contributed by atoms with Crippen molar-refractivity contribution in [3.8, 4) is 11.1 Å². The predicted octanol–water partition coefficient (Wildman–Crippen LogP) is 4.32. The Labute approximate surface area is 178 Å². The molecular weight excluding hydrogens is 398 g/mol. The van der Waals surface area contributed by atoms with Gasteiger partial charge < -0.3 is 16.0 Å². The number of nitrogens with two attached hydrogens (primary N) is 1. The molecule has 0 saturated carbocycles. The summed E-state index contributed by atoms with van der Waals surface area (Å²) in [5.74, 6) is -1.39. The summed E-state index contributed by atoms with van der Waals surface area (Å²) in [4.78, 5) is 11.3. The summed E-state index contributed by atoms with van der Waals surface area (Å²) in [5.41, 5.74) is 11.1. The van der Waals surface area contributed by atoms with Crippen LogP contribution in [0.1, 0.15) is 29.4 Å². The molecule has 158 valence electrons. The highest BCUT2D eigenvalue weighted by Gasteiger charge is 2.17. The number of nitrogens with one attached hydrogen (secondary N) is 3. The average molecular weight is 420 g/mol. The van der Waals surface area contributed by atoms with Crippen LogP contribution in [0.4, 0.5) is 14.5 Å². The van der Waals surface area contributed by atoms with Gasteiger partial charge in [0.1, 0.15) is 17.0 Å². The molecular formula is C23H22F2N6. The summed E-state index contributed by atoms with van der Waals surface area (Å²) >= 11 is 0. The molecule has 8 heteroatoms. The van der Waals surface area contributed by atoms with Crippen LogP contribution in [-0.2, 0) is 6.54 Å². The number of aromatic amines is 1. The standard InChI is InChI=1S/C23H22F2N6/c1-3-28-9-14-10-29-11-17(12(14)2)13-4-5-19(26)16(6-13)21(27)23-30-20-8-15(24)7-18(25)22(20)31-23/h4-8,10-11,27-28H,3,9,26H2,1-2H3,(H,30,31). The SMILES string of the molecule is CCNCc1cncc(-c2ccc(N)c(C(=N)c3nc4c(F)cc(F)cc4[nH]3)c2)c1C. The first-order valence-corrected chi connectivity index (χ1v) is 9.87. The van der Waals surface area contributed by atoms with Crippen molar-refractivity contribution < 1.29 is 8.78 Å². The van der Waals surface area contributed by atoms with Gasteiger partial charge in [0.25, 0.3) is 0 Å². The number of nitrogens with zero attached hydrogens (tertiary/aromatic N) is 2. The van der Waals surface area contributed by atoms with E-state index in [0.29, 0.717) is 17.8 Å². The van der Waals surface area contributed by atoms with Gasteiger partial charge in [0.15, 0.2) is 11.6 Å². The molecule has 0 spiro atoms. The van der Waals surface area contributed by atoms with Gasteiger partial charge in [-0.15, -0.1) is 0 Å². The van der Waals surface area contributed by atoms with Crippen molar-refractivity contribution in [1.82, 2.24) is 20.3 Å². The molecule has 0 unspecified atom stereocenters. The highest BCUT2D eigenvalue weighted by molar-refractivity contribution is 6.13. The van der Waals surface area contributed by atoms with Gasteiger partial charge in [0.2, 0.25) is 0 Å². The molecule has 6 nitrogen and oxygen atoms in total. The molecule has 2 heterocycles. The number of pyridine rings is 1. The minimum Gasteiger partial charge on any atom is -0.398 e. The zero-order chi connectivity index (χ0) is 22.1. The molecule has 0 fully saturated rings. The fourth-order valence-electron chi connectivity index (χ4n) is 3.53. The smallest absolute Gasteiger partial charge is 0.157 e. The van der Waals surface area contributed by atoms with E-state index in [1.807, 2.05) is 26.1 Å². The number of anilines is 1. The maximum atomic E-state index is 14.0. The number of H-pyrrole nitrogens is 1. The number of imidazole rings is 1. The third-order valence-electron chi connectivity index (χ3n) is 5.26. The third kappa shape index (κ3) is 3.89. The molecule has 0 saturated heterocycles. The van der Waals surface area contributed by atoms with Crippen LogP contribution >= 0.6 is 0 Å². The molecule has 4 rings (SSSR count). The fourth-order valence-corrected chi connectivity index (χ4v) is 3.53. The first kappa shape index (κ1) is 20.6. The second-order valence-electron chi connectivity index (χ2n) is 7.30. The van der Waals surface area contributed by atoms with Crippen LogP contribution in [0.15, 0.2) is 42.7 Å². The van der Waals surface area contributed by atoms with Crippen molar-refractivity contribution in [2.45, 2.75) is 20.4 Å². The van der Waals surface area contributed by atoms with Crippen molar-refractivity contribution in [3.05, 3.63) is 76.9 Å². The van der Waals surface area contributed by atoms with Gasteiger partial charge in [0.05, 0.1) is 5.52 Å². The van der Waals surface area contributed by atoms with Crippen LogP contribution < -0.4 is 11.1 Å². The molecule has 2 aromatic carbocycles. The van der Waals surface area contributed by atoms with E-state index in [2.05, 4.69) is 20.3 Å². The Kier molecular flexibility index (Phi) is 5.48. The lowest BCUT2D eigenvalue weighted by Crippen LogP contribution is -2.13. The number of fused-ring (bicyclic) bond motifs is 1. The van der Waals surface area contributed by atoms with Gasteiger partial charge in [-0.25, -0.2) is 13.8 Å². The highest BCUT2D eigenvalue weighted by Crippen LogP contribution is 2.29. The van der Waals surface area contributed by atoms with Crippen molar-refractivity contribution >= 4 is 22.4 Å². The van der Waals surface area contributed by atoms with Crippen molar-refractivity contribution in [3.63, 3.8) is 0 Å². The minimum absolute atomic E-state index is 0.00947. The molecule has 2 aromatic heterocycles. The zero-order valence-corrected chi connectivity index (χ0v) is 17.2.